The van der Waals surface area contributed by atoms with Gasteiger partial charge in [0.25, 0.3) is 9.84 Å². The maximum Gasteiger partial charge on any atom is 0.501 e. The van der Waals surface area contributed by atoms with Crippen molar-refractivity contribution in [2.24, 2.45) is 0 Å². The number of anilines is 2. The zero-order chi connectivity index (χ0) is 27.0. The van der Waals surface area contributed by atoms with Crippen LogP contribution in [-0.4, -0.2) is 35.5 Å². The molecule has 14 heteroatoms. The SMILES string of the molecule is CCOc1cc(Nc2ccc(S(=O)(=O)C(F)(F)F)cc2)c2ccc(-c3ncccc3C(F)(F)F)nc2n1. The van der Waals surface area contributed by atoms with Gasteiger partial charge in [-0.2, -0.15) is 31.3 Å². The van der Waals surface area contributed by atoms with Crippen molar-refractivity contribution in [3.05, 3.63) is 66.4 Å². The molecule has 0 saturated heterocycles. The number of fused-ring (bicyclic) bond motifs is 1. The lowest BCUT2D eigenvalue weighted by Crippen LogP contribution is -2.23. The summed E-state index contributed by atoms with van der Waals surface area (Å²) in [5, 5.41) is 3.28. The smallest absolute Gasteiger partial charge is 0.478 e. The number of aromatic nitrogens is 3. The minimum absolute atomic E-state index is 0.0148. The van der Waals surface area contributed by atoms with Crippen molar-refractivity contribution in [2.45, 2.75) is 23.5 Å². The number of hydrogen-bond acceptors (Lipinski definition) is 7. The van der Waals surface area contributed by atoms with Gasteiger partial charge in [-0.3, -0.25) is 4.98 Å². The third kappa shape index (κ3) is 5.28. The highest BCUT2D eigenvalue weighted by Crippen LogP contribution is 2.37. The maximum absolute atomic E-state index is 13.5. The minimum atomic E-state index is -5.51. The molecule has 0 radical (unpaired) electrons. The van der Waals surface area contributed by atoms with E-state index < -0.39 is 37.7 Å². The Bertz CT molecular complexity index is 1560. The van der Waals surface area contributed by atoms with Crippen LogP contribution in [0, 0.1) is 0 Å². The Kier molecular flexibility index (Phi) is 6.71. The first kappa shape index (κ1) is 26.1. The molecule has 0 spiro atoms. The summed E-state index contributed by atoms with van der Waals surface area (Å²) < 4.78 is 107. The molecule has 0 amide bonds. The number of rotatable bonds is 6. The molecule has 0 aliphatic heterocycles. The summed E-state index contributed by atoms with van der Waals surface area (Å²) in [5.74, 6) is 0.0792. The molecular formula is C23H16F6N4O3S. The Balaban J connectivity index is 1.77. The van der Waals surface area contributed by atoms with E-state index in [-0.39, 0.29) is 29.5 Å². The van der Waals surface area contributed by atoms with Crippen molar-refractivity contribution in [2.75, 3.05) is 11.9 Å². The number of sulfone groups is 1. The molecule has 3 heterocycles. The summed E-state index contributed by atoms with van der Waals surface area (Å²) >= 11 is 0. The Labute approximate surface area is 206 Å². The summed E-state index contributed by atoms with van der Waals surface area (Å²) in [7, 11) is -5.51. The van der Waals surface area contributed by atoms with Gasteiger partial charge in [-0.05, 0) is 55.5 Å². The fourth-order valence-electron chi connectivity index (χ4n) is 3.38. The van der Waals surface area contributed by atoms with Crippen LogP contribution in [0.5, 0.6) is 5.88 Å². The van der Waals surface area contributed by atoms with Crippen molar-refractivity contribution in [1.82, 2.24) is 15.0 Å². The number of nitrogens with one attached hydrogen (secondary N) is 1. The van der Waals surface area contributed by atoms with Crippen LogP contribution in [0.1, 0.15) is 12.5 Å². The van der Waals surface area contributed by atoms with Crippen LogP contribution in [0.15, 0.2) is 65.7 Å². The molecule has 7 nitrogen and oxygen atoms in total. The van der Waals surface area contributed by atoms with E-state index in [0.29, 0.717) is 11.1 Å². The summed E-state index contributed by atoms with van der Waals surface area (Å²) in [6.45, 7) is 1.90. The zero-order valence-corrected chi connectivity index (χ0v) is 19.5. The summed E-state index contributed by atoms with van der Waals surface area (Å²) in [5.41, 5.74) is -6.35. The fourth-order valence-corrected chi connectivity index (χ4v) is 4.15. The minimum Gasteiger partial charge on any atom is -0.478 e. The van der Waals surface area contributed by atoms with E-state index in [1.165, 1.54) is 24.4 Å². The van der Waals surface area contributed by atoms with Crippen molar-refractivity contribution in [3.63, 3.8) is 0 Å². The van der Waals surface area contributed by atoms with Crippen molar-refractivity contribution in [1.29, 1.82) is 0 Å². The molecule has 4 rings (SSSR count). The second-order valence-corrected chi connectivity index (χ2v) is 9.45. The highest BCUT2D eigenvalue weighted by atomic mass is 32.2. The molecule has 1 aromatic carbocycles. The van der Waals surface area contributed by atoms with Gasteiger partial charge >= 0.3 is 11.7 Å². The van der Waals surface area contributed by atoms with Crippen LogP contribution in [0.25, 0.3) is 22.4 Å². The first-order chi connectivity index (χ1) is 17.3. The molecule has 0 aliphatic rings. The van der Waals surface area contributed by atoms with Crippen molar-refractivity contribution < 1.29 is 39.5 Å². The molecule has 194 valence electrons. The summed E-state index contributed by atoms with van der Waals surface area (Å²) in [4.78, 5) is 11.4. The molecule has 37 heavy (non-hydrogen) atoms. The quantitative estimate of drug-likeness (QED) is 0.292. The normalized spacial score (nSPS) is 12.5. The molecule has 1 N–H and O–H groups in total. The lowest BCUT2D eigenvalue weighted by atomic mass is 10.1. The maximum atomic E-state index is 13.5. The van der Waals surface area contributed by atoms with Crippen LogP contribution < -0.4 is 10.1 Å². The number of alkyl halides is 6. The van der Waals surface area contributed by atoms with Gasteiger partial charge in [-0.1, -0.05) is 0 Å². The number of nitrogens with zero attached hydrogens (tertiary/aromatic N) is 3. The summed E-state index contributed by atoms with van der Waals surface area (Å²) in [6, 6.07) is 10.2. The highest BCUT2D eigenvalue weighted by Gasteiger charge is 2.46. The average molecular weight is 542 g/mol. The predicted molar refractivity (Wildman–Crippen MR) is 122 cm³/mol. The van der Waals surface area contributed by atoms with Gasteiger partial charge in [-0.15, -0.1) is 0 Å². The lowest BCUT2D eigenvalue weighted by molar-refractivity contribution is -0.137. The van der Waals surface area contributed by atoms with Crippen LogP contribution in [0.3, 0.4) is 0 Å². The van der Waals surface area contributed by atoms with Crippen LogP contribution in [-0.2, 0) is 16.0 Å². The van der Waals surface area contributed by atoms with E-state index in [0.717, 1.165) is 36.4 Å². The van der Waals surface area contributed by atoms with Gasteiger partial charge in [0.2, 0.25) is 5.88 Å². The van der Waals surface area contributed by atoms with Crippen LogP contribution >= 0.6 is 0 Å². The second-order valence-electron chi connectivity index (χ2n) is 7.50. The number of hydrogen-bond donors (Lipinski definition) is 1. The Hall–Kier alpha value is -3.94. The Morgan fingerprint density at radius 3 is 2.27 bits per heavy atom. The van der Waals surface area contributed by atoms with E-state index in [1.807, 2.05) is 0 Å². The van der Waals surface area contributed by atoms with Gasteiger partial charge in [0.05, 0.1) is 28.4 Å². The zero-order valence-electron chi connectivity index (χ0n) is 18.7. The Morgan fingerprint density at radius 2 is 1.65 bits per heavy atom. The molecule has 0 bridgehead atoms. The van der Waals surface area contributed by atoms with E-state index in [9.17, 15) is 34.8 Å². The van der Waals surface area contributed by atoms with Crippen LogP contribution in [0.4, 0.5) is 37.7 Å². The predicted octanol–water partition coefficient (Wildman–Crippen LogP) is 6.15. The average Bonchev–Trinajstić information content (AvgIpc) is 2.83. The fraction of sp³-hybridized carbons (Fsp3) is 0.174. The van der Waals surface area contributed by atoms with Crippen molar-refractivity contribution in [3.8, 4) is 17.3 Å². The standard InChI is InChI=1S/C23H16F6N4O3S/c1-2-36-19-12-18(31-13-5-7-14(8-6-13)37(34,35)23(27,28)29)15-9-10-17(32-21(15)33-19)20-16(22(24,25)26)4-3-11-30-20/h3-12H,2H2,1H3,(H,31,32,33). The largest absolute Gasteiger partial charge is 0.501 e. The van der Waals surface area contributed by atoms with E-state index in [2.05, 4.69) is 20.3 Å². The monoisotopic (exact) mass is 542 g/mol. The highest BCUT2D eigenvalue weighted by molar-refractivity contribution is 7.92. The third-order valence-corrected chi connectivity index (χ3v) is 6.55. The molecule has 0 aliphatic carbocycles. The Morgan fingerprint density at radius 1 is 0.946 bits per heavy atom. The van der Waals surface area contributed by atoms with Crippen LogP contribution in [0.2, 0.25) is 0 Å². The number of pyridine rings is 3. The first-order valence-electron chi connectivity index (χ1n) is 10.5. The number of halogens is 6. The lowest BCUT2D eigenvalue weighted by Gasteiger charge is -2.14. The van der Waals surface area contributed by atoms with Crippen molar-refractivity contribution >= 4 is 32.2 Å². The van der Waals surface area contributed by atoms with Gasteiger partial charge < -0.3 is 10.1 Å². The topological polar surface area (TPSA) is 94.1 Å². The van der Waals surface area contributed by atoms with E-state index >= 15 is 0 Å². The van der Waals surface area contributed by atoms with Gasteiger partial charge in [0, 0.05) is 23.3 Å². The molecule has 0 fully saturated rings. The first-order valence-corrected chi connectivity index (χ1v) is 11.9. The van der Waals surface area contributed by atoms with Gasteiger partial charge in [-0.25, -0.2) is 13.4 Å². The second kappa shape index (κ2) is 9.50. The van der Waals surface area contributed by atoms with E-state index in [4.69, 9.17) is 4.74 Å². The van der Waals surface area contributed by atoms with Gasteiger partial charge in [0.1, 0.15) is 5.69 Å². The molecular weight excluding hydrogens is 526 g/mol. The van der Waals surface area contributed by atoms with Gasteiger partial charge in [0.15, 0.2) is 5.65 Å². The third-order valence-electron chi connectivity index (χ3n) is 5.05. The molecule has 0 unspecified atom stereocenters. The van der Waals surface area contributed by atoms with E-state index in [1.54, 1.807) is 6.92 Å². The summed E-state index contributed by atoms with van der Waals surface area (Å²) in [6.07, 6.45) is -3.46. The number of ether oxygens (including phenoxy) is 1. The molecule has 3 aromatic heterocycles. The molecule has 4 aromatic rings. The molecule has 0 saturated carbocycles. The number of benzene rings is 1. The molecule has 0 atom stereocenters.